The maximum Gasteiger partial charge on any atom is 0.164 e. The molecular formula is C54H33N3O. The molecule has 0 saturated heterocycles. The van der Waals surface area contributed by atoms with Crippen LogP contribution in [0.15, 0.2) is 200 Å². The molecule has 1 aliphatic heterocycles. The van der Waals surface area contributed by atoms with Crippen molar-refractivity contribution in [2.24, 2.45) is 0 Å². The number of nitrogens with zero attached hydrogens (tertiary/aromatic N) is 3. The Morgan fingerprint density at radius 1 is 0.310 bits per heavy atom. The van der Waals surface area contributed by atoms with Crippen LogP contribution in [0.25, 0.3) is 78.0 Å². The van der Waals surface area contributed by atoms with Crippen LogP contribution in [0.2, 0.25) is 0 Å². The maximum atomic E-state index is 6.88. The van der Waals surface area contributed by atoms with Crippen LogP contribution in [0.1, 0.15) is 22.3 Å². The molecule has 1 aromatic heterocycles. The summed E-state index contributed by atoms with van der Waals surface area (Å²) in [6.07, 6.45) is 0. The molecule has 4 nitrogen and oxygen atoms in total. The summed E-state index contributed by atoms with van der Waals surface area (Å²) in [5.74, 6) is 3.56. The zero-order valence-corrected chi connectivity index (χ0v) is 31.3. The number of fused-ring (bicyclic) bond motifs is 12. The lowest BCUT2D eigenvalue weighted by atomic mass is 9.66. The van der Waals surface area contributed by atoms with E-state index in [0.717, 1.165) is 55.8 Å². The Kier molecular flexibility index (Phi) is 7.11. The van der Waals surface area contributed by atoms with Crippen molar-refractivity contribution in [1.82, 2.24) is 15.0 Å². The van der Waals surface area contributed by atoms with Gasteiger partial charge in [-0.3, -0.25) is 0 Å². The van der Waals surface area contributed by atoms with Crippen LogP contribution in [-0.2, 0) is 5.41 Å². The van der Waals surface area contributed by atoms with Crippen LogP contribution in [0.4, 0.5) is 0 Å². The lowest BCUT2D eigenvalue weighted by Crippen LogP contribution is -2.32. The Bertz CT molecular complexity index is 3230. The van der Waals surface area contributed by atoms with Gasteiger partial charge in [0.1, 0.15) is 11.5 Å². The second-order valence-corrected chi connectivity index (χ2v) is 15.1. The first-order chi connectivity index (χ1) is 28.7. The summed E-state index contributed by atoms with van der Waals surface area (Å²) in [5, 5.41) is 4.79. The molecule has 0 atom stereocenters. The van der Waals surface area contributed by atoms with E-state index in [4.69, 9.17) is 19.7 Å². The van der Waals surface area contributed by atoms with Crippen LogP contribution < -0.4 is 4.74 Å². The van der Waals surface area contributed by atoms with E-state index in [1.165, 1.54) is 38.4 Å². The van der Waals surface area contributed by atoms with Gasteiger partial charge < -0.3 is 4.74 Å². The minimum atomic E-state index is -0.519. The Morgan fingerprint density at radius 3 is 1.66 bits per heavy atom. The van der Waals surface area contributed by atoms with Gasteiger partial charge in [0.2, 0.25) is 0 Å². The smallest absolute Gasteiger partial charge is 0.164 e. The summed E-state index contributed by atoms with van der Waals surface area (Å²) in [5.41, 5.74) is 11.6. The van der Waals surface area contributed by atoms with Crippen molar-refractivity contribution in [3.05, 3.63) is 222 Å². The Labute approximate surface area is 335 Å². The van der Waals surface area contributed by atoms with Gasteiger partial charge in [-0.25, -0.2) is 15.0 Å². The summed E-state index contributed by atoms with van der Waals surface area (Å²) < 4.78 is 6.88. The van der Waals surface area contributed by atoms with Crippen LogP contribution in [0.5, 0.6) is 11.5 Å². The molecule has 0 unspecified atom stereocenters. The van der Waals surface area contributed by atoms with Gasteiger partial charge in [0.05, 0.1) is 5.41 Å². The molecule has 0 fully saturated rings. The molecule has 0 bridgehead atoms. The zero-order chi connectivity index (χ0) is 38.2. The lowest BCUT2D eigenvalue weighted by Gasteiger charge is -2.39. The van der Waals surface area contributed by atoms with Gasteiger partial charge in [0.25, 0.3) is 0 Å². The summed E-state index contributed by atoms with van der Waals surface area (Å²) in [7, 11) is 0. The van der Waals surface area contributed by atoms with E-state index >= 15 is 0 Å². The van der Waals surface area contributed by atoms with Crippen molar-refractivity contribution in [2.45, 2.75) is 5.41 Å². The van der Waals surface area contributed by atoms with E-state index in [-0.39, 0.29) is 0 Å². The predicted octanol–water partition coefficient (Wildman–Crippen LogP) is 13.3. The number of rotatable bonds is 4. The van der Waals surface area contributed by atoms with Gasteiger partial charge in [-0.1, -0.05) is 182 Å². The molecule has 0 radical (unpaired) electrons. The second kappa shape index (κ2) is 12.7. The molecule has 58 heavy (non-hydrogen) atoms. The molecule has 0 N–H and O–H groups in total. The summed E-state index contributed by atoms with van der Waals surface area (Å²) in [6.45, 7) is 0. The number of ether oxygens (including phenoxy) is 1. The predicted molar refractivity (Wildman–Crippen MR) is 234 cm³/mol. The highest BCUT2D eigenvalue weighted by Crippen LogP contribution is 2.62. The van der Waals surface area contributed by atoms with E-state index in [2.05, 4.69) is 182 Å². The molecule has 1 spiro atoms. The van der Waals surface area contributed by atoms with Gasteiger partial charge in [0, 0.05) is 27.8 Å². The highest BCUT2D eigenvalue weighted by atomic mass is 16.5. The zero-order valence-electron chi connectivity index (χ0n) is 31.3. The van der Waals surface area contributed by atoms with Crippen LogP contribution in [-0.4, -0.2) is 15.0 Å². The second-order valence-electron chi connectivity index (χ2n) is 15.1. The molecule has 0 amide bonds. The largest absolute Gasteiger partial charge is 0.457 e. The SMILES string of the molecule is c1ccc(-c2nc(-c3ccc4c(ccc5ccccc54)c3)nc(-c3ccccc3-c3ccc4c(c3)Oc3ccccc3C43c4ccccc4-c4ccccc43)n2)cc1. The molecule has 4 heteroatoms. The monoisotopic (exact) mass is 739 g/mol. The van der Waals surface area contributed by atoms with Gasteiger partial charge in [0.15, 0.2) is 17.5 Å². The van der Waals surface area contributed by atoms with Crippen LogP contribution >= 0.6 is 0 Å². The van der Waals surface area contributed by atoms with Crippen molar-refractivity contribution in [2.75, 3.05) is 0 Å². The van der Waals surface area contributed by atoms with Crippen molar-refractivity contribution in [3.63, 3.8) is 0 Å². The van der Waals surface area contributed by atoms with Crippen molar-refractivity contribution >= 4 is 21.5 Å². The molecule has 0 saturated carbocycles. The normalized spacial score (nSPS) is 13.1. The van der Waals surface area contributed by atoms with Gasteiger partial charge >= 0.3 is 0 Å². The lowest BCUT2D eigenvalue weighted by molar-refractivity contribution is 0.436. The average molecular weight is 740 g/mol. The first kappa shape index (κ1) is 32.5. The Morgan fingerprint density at radius 2 is 0.862 bits per heavy atom. The molecule has 2 heterocycles. The summed E-state index contributed by atoms with van der Waals surface area (Å²) in [4.78, 5) is 15.5. The number of para-hydroxylation sites is 1. The van der Waals surface area contributed by atoms with E-state index in [9.17, 15) is 0 Å². The van der Waals surface area contributed by atoms with E-state index < -0.39 is 5.41 Å². The molecule has 10 aromatic rings. The fourth-order valence-corrected chi connectivity index (χ4v) is 9.45. The standard InChI is InChI=1S/C54H33N3O/c1-2-15-35(16-3-1)51-55-52(38-28-30-41-36(32-38)27-26-34-14-4-5-17-39(34)41)57-53(56-51)44-21-7-6-18-40(44)37-29-31-48-50(33-37)58-49-25-13-12-24-47(49)54(48)45-22-10-8-19-42(45)43-20-9-11-23-46(43)54/h1-33H. The first-order valence-corrected chi connectivity index (χ1v) is 19.7. The minimum absolute atomic E-state index is 0.519. The molecule has 270 valence electrons. The van der Waals surface area contributed by atoms with Gasteiger partial charge in [-0.2, -0.15) is 0 Å². The molecular weight excluding hydrogens is 707 g/mol. The highest BCUT2D eigenvalue weighted by Gasteiger charge is 2.50. The number of aromatic nitrogens is 3. The molecule has 12 rings (SSSR count). The molecule has 9 aromatic carbocycles. The summed E-state index contributed by atoms with van der Waals surface area (Å²) >= 11 is 0. The number of hydrogen-bond donors (Lipinski definition) is 0. The topological polar surface area (TPSA) is 47.9 Å². The molecule has 2 aliphatic rings. The van der Waals surface area contributed by atoms with E-state index in [0.29, 0.717) is 17.5 Å². The quantitative estimate of drug-likeness (QED) is 0.169. The fraction of sp³-hybridized carbons (Fsp3) is 0.0185. The fourth-order valence-electron chi connectivity index (χ4n) is 9.45. The third-order valence-electron chi connectivity index (χ3n) is 12.0. The molecule has 1 aliphatic carbocycles. The highest BCUT2D eigenvalue weighted by molar-refractivity contribution is 6.08. The van der Waals surface area contributed by atoms with Crippen molar-refractivity contribution in [3.8, 4) is 67.9 Å². The Hall–Kier alpha value is -7.69. The van der Waals surface area contributed by atoms with E-state index in [1.54, 1.807) is 0 Å². The van der Waals surface area contributed by atoms with Crippen LogP contribution in [0.3, 0.4) is 0 Å². The maximum absolute atomic E-state index is 6.88. The van der Waals surface area contributed by atoms with Crippen molar-refractivity contribution in [1.29, 1.82) is 0 Å². The average Bonchev–Trinajstić information content (AvgIpc) is 3.59. The van der Waals surface area contributed by atoms with E-state index in [1.807, 2.05) is 18.2 Å². The van der Waals surface area contributed by atoms with Crippen molar-refractivity contribution < 1.29 is 4.74 Å². The Balaban J connectivity index is 1.03. The van der Waals surface area contributed by atoms with Crippen LogP contribution in [0, 0.1) is 0 Å². The summed E-state index contributed by atoms with van der Waals surface area (Å²) in [6, 6.07) is 70.8. The van der Waals surface area contributed by atoms with Gasteiger partial charge in [-0.15, -0.1) is 0 Å². The first-order valence-electron chi connectivity index (χ1n) is 19.7. The number of hydrogen-bond acceptors (Lipinski definition) is 4. The third kappa shape index (κ3) is 4.79. The van der Waals surface area contributed by atoms with Gasteiger partial charge in [-0.05, 0) is 73.1 Å². The minimum Gasteiger partial charge on any atom is -0.457 e. The third-order valence-corrected chi connectivity index (χ3v) is 12.0. The number of benzene rings is 9.